The van der Waals surface area contributed by atoms with Crippen molar-refractivity contribution >= 4 is 32.7 Å². The van der Waals surface area contributed by atoms with Crippen LogP contribution in [0.1, 0.15) is 35.7 Å². The molecule has 0 spiro atoms. The molecule has 1 aromatic carbocycles. The molecule has 0 unspecified atom stereocenters. The summed E-state index contributed by atoms with van der Waals surface area (Å²) in [5, 5.41) is 4.77. The van der Waals surface area contributed by atoms with Crippen molar-refractivity contribution < 1.29 is 17.9 Å². The van der Waals surface area contributed by atoms with Gasteiger partial charge in [0.25, 0.3) is 0 Å². The number of ether oxygens (including phenoxy) is 1. The highest BCUT2D eigenvalue weighted by Crippen LogP contribution is 2.32. The van der Waals surface area contributed by atoms with E-state index in [0.717, 1.165) is 16.5 Å². The molecule has 1 aliphatic rings. The van der Waals surface area contributed by atoms with Gasteiger partial charge in [-0.3, -0.25) is 4.72 Å². The number of hydrogen-bond donors (Lipinski definition) is 1. The van der Waals surface area contributed by atoms with Crippen molar-refractivity contribution in [3.63, 3.8) is 0 Å². The third-order valence-corrected chi connectivity index (χ3v) is 6.42. The minimum Gasteiger partial charge on any atom is -0.462 e. The minimum absolute atomic E-state index is 0.0486. The fraction of sp³-hybridized carbons (Fsp3) is 0.316. The summed E-state index contributed by atoms with van der Waals surface area (Å²) >= 11 is 0. The van der Waals surface area contributed by atoms with Crippen LogP contribution in [0.3, 0.4) is 0 Å². The van der Waals surface area contributed by atoms with Crippen molar-refractivity contribution in [2.75, 3.05) is 11.3 Å². The summed E-state index contributed by atoms with van der Waals surface area (Å²) in [5.74, 6) is -0.174. The Morgan fingerprint density at radius 1 is 1.32 bits per heavy atom. The Labute approximate surface area is 162 Å². The molecule has 1 aliphatic carbocycles. The number of esters is 1. The molecule has 0 radical (unpaired) electrons. The predicted octanol–water partition coefficient (Wildman–Crippen LogP) is 2.81. The molecule has 28 heavy (non-hydrogen) atoms. The molecule has 1 saturated carbocycles. The van der Waals surface area contributed by atoms with Crippen LogP contribution in [0, 0.1) is 6.92 Å². The average Bonchev–Trinajstić information content (AvgIpc) is 3.44. The van der Waals surface area contributed by atoms with Crippen LogP contribution in [0.15, 0.2) is 36.5 Å². The maximum absolute atomic E-state index is 12.5. The van der Waals surface area contributed by atoms with Crippen molar-refractivity contribution in [3.05, 3.63) is 47.7 Å². The normalized spacial score (nSPS) is 14.2. The van der Waals surface area contributed by atoms with Crippen LogP contribution in [0.5, 0.6) is 0 Å². The Hall–Kier alpha value is -2.94. The van der Waals surface area contributed by atoms with Crippen LogP contribution in [-0.4, -0.2) is 41.0 Å². The molecule has 0 bridgehead atoms. The molecule has 3 aromatic rings. The molecule has 1 N–H and O–H groups in total. The fourth-order valence-corrected chi connectivity index (χ4v) is 4.40. The molecule has 4 rings (SSSR count). The van der Waals surface area contributed by atoms with E-state index in [4.69, 9.17) is 4.74 Å². The number of nitrogens with one attached hydrogen (secondary N) is 1. The van der Waals surface area contributed by atoms with Gasteiger partial charge in [0.2, 0.25) is 10.0 Å². The predicted molar refractivity (Wildman–Crippen MR) is 105 cm³/mol. The van der Waals surface area contributed by atoms with E-state index in [1.807, 2.05) is 31.2 Å². The van der Waals surface area contributed by atoms with Crippen LogP contribution in [0.2, 0.25) is 0 Å². The SMILES string of the molecule is CCOC(=O)c1cnn(-c2cc(C)c3ccccc3n2)c1NS(=O)(=O)C1CC1. The Morgan fingerprint density at radius 2 is 2.07 bits per heavy atom. The zero-order valence-electron chi connectivity index (χ0n) is 15.5. The number of rotatable bonds is 6. The van der Waals surface area contributed by atoms with Crippen molar-refractivity contribution in [2.45, 2.75) is 31.9 Å². The molecule has 9 heteroatoms. The van der Waals surface area contributed by atoms with Gasteiger partial charge in [0.05, 0.1) is 23.6 Å². The minimum atomic E-state index is -3.61. The van der Waals surface area contributed by atoms with Crippen molar-refractivity contribution in [2.24, 2.45) is 0 Å². The molecule has 8 nitrogen and oxygen atoms in total. The van der Waals surface area contributed by atoms with Crippen molar-refractivity contribution in [1.82, 2.24) is 14.8 Å². The Kier molecular flexibility index (Phi) is 4.54. The first-order chi connectivity index (χ1) is 13.4. The topological polar surface area (TPSA) is 103 Å². The summed E-state index contributed by atoms with van der Waals surface area (Å²) in [6, 6.07) is 9.45. The van der Waals surface area contributed by atoms with Gasteiger partial charge >= 0.3 is 5.97 Å². The smallest absolute Gasteiger partial charge is 0.343 e. The molecule has 2 aromatic heterocycles. The maximum Gasteiger partial charge on any atom is 0.343 e. The van der Waals surface area contributed by atoms with Gasteiger partial charge in [0.15, 0.2) is 11.6 Å². The number of nitrogens with zero attached hydrogens (tertiary/aromatic N) is 3. The van der Waals surface area contributed by atoms with Gasteiger partial charge in [-0.25, -0.2) is 18.2 Å². The third-order valence-electron chi connectivity index (χ3n) is 4.59. The van der Waals surface area contributed by atoms with E-state index in [1.165, 1.54) is 10.9 Å². The second-order valence-corrected chi connectivity index (χ2v) is 8.66. The summed E-state index contributed by atoms with van der Waals surface area (Å²) in [6.45, 7) is 3.80. The number of aromatic nitrogens is 3. The fourth-order valence-electron chi connectivity index (χ4n) is 3.02. The van der Waals surface area contributed by atoms with Crippen molar-refractivity contribution in [3.8, 4) is 5.82 Å². The van der Waals surface area contributed by atoms with Gasteiger partial charge in [-0.1, -0.05) is 18.2 Å². The molecular formula is C19H20N4O4S. The lowest BCUT2D eigenvalue weighted by molar-refractivity contribution is 0.0527. The highest BCUT2D eigenvalue weighted by molar-refractivity contribution is 7.93. The molecule has 0 amide bonds. The van der Waals surface area contributed by atoms with Crippen LogP contribution in [0.25, 0.3) is 16.7 Å². The average molecular weight is 400 g/mol. The van der Waals surface area contributed by atoms with Gasteiger partial charge in [-0.05, 0) is 44.4 Å². The number of carbonyl (C=O) groups is 1. The highest BCUT2D eigenvalue weighted by Gasteiger charge is 2.37. The number of benzene rings is 1. The quantitative estimate of drug-likeness (QED) is 0.638. The van der Waals surface area contributed by atoms with Gasteiger partial charge in [0.1, 0.15) is 5.56 Å². The standard InChI is InChI=1S/C19H20N4O4S/c1-3-27-19(24)15-11-20-23(18(15)22-28(25,26)13-8-9-13)17-10-12(2)14-6-4-5-7-16(14)21-17/h4-7,10-11,13,22H,3,8-9H2,1-2H3. The zero-order valence-corrected chi connectivity index (χ0v) is 16.4. The summed E-state index contributed by atoms with van der Waals surface area (Å²) in [4.78, 5) is 16.9. The number of pyridine rings is 1. The Morgan fingerprint density at radius 3 is 2.79 bits per heavy atom. The van der Waals surface area contributed by atoms with E-state index in [9.17, 15) is 13.2 Å². The first-order valence-corrected chi connectivity index (χ1v) is 10.6. The van der Waals surface area contributed by atoms with Crippen LogP contribution >= 0.6 is 0 Å². The molecular weight excluding hydrogens is 380 g/mol. The number of aryl methyl sites for hydroxylation is 1. The molecule has 1 fully saturated rings. The van der Waals surface area contributed by atoms with Gasteiger partial charge in [-0.2, -0.15) is 9.78 Å². The lowest BCUT2D eigenvalue weighted by Crippen LogP contribution is -2.22. The van der Waals surface area contributed by atoms with Gasteiger partial charge in [0, 0.05) is 5.39 Å². The summed E-state index contributed by atoms with van der Waals surface area (Å²) < 4.78 is 34.0. The lowest BCUT2D eigenvalue weighted by atomic mass is 10.1. The van der Waals surface area contributed by atoms with Gasteiger partial charge < -0.3 is 4.74 Å². The summed E-state index contributed by atoms with van der Waals surface area (Å²) in [6.07, 6.45) is 2.51. The molecule has 0 aliphatic heterocycles. The van der Waals surface area contributed by atoms with Crippen LogP contribution in [0.4, 0.5) is 5.82 Å². The van der Waals surface area contributed by atoms with E-state index in [2.05, 4.69) is 14.8 Å². The zero-order chi connectivity index (χ0) is 19.9. The molecule has 0 saturated heterocycles. The summed E-state index contributed by atoms with van der Waals surface area (Å²) in [5.41, 5.74) is 1.77. The number of fused-ring (bicyclic) bond motifs is 1. The summed E-state index contributed by atoms with van der Waals surface area (Å²) in [7, 11) is -3.61. The van der Waals surface area contributed by atoms with Crippen LogP contribution in [-0.2, 0) is 14.8 Å². The number of carbonyl (C=O) groups excluding carboxylic acids is 1. The first-order valence-electron chi connectivity index (χ1n) is 9.04. The van der Waals surface area contributed by atoms with E-state index in [1.54, 1.807) is 13.0 Å². The van der Waals surface area contributed by atoms with Crippen LogP contribution < -0.4 is 4.72 Å². The number of sulfonamides is 1. The lowest BCUT2D eigenvalue weighted by Gasteiger charge is -2.13. The van der Waals surface area contributed by atoms with Crippen molar-refractivity contribution in [1.29, 1.82) is 0 Å². The van der Waals surface area contributed by atoms with Gasteiger partial charge in [-0.15, -0.1) is 0 Å². The third kappa shape index (κ3) is 3.33. The highest BCUT2D eigenvalue weighted by atomic mass is 32.2. The van der Waals surface area contributed by atoms with E-state index >= 15 is 0 Å². The number of hydrogen-bond acceptors (Lipinski definition) is 6. The Balaban J connectivity index is 1.86. The second-order valence-electron chi connectivity index (χ2n) is 6.70. The largest absolute Gasteiger partial charge is 0.462 e. The second kappa shape index (κ2) is 6.90. The maximum atomic E-state index is 12.5. The monoisotopic (exact) mass is 400 g/mol. The molecule has 2 heterocycles. The van der Waals surface area contributed by atoms with E-state index in [-0.39, 0.29) is 18.0 Å². The van der Waals surface area contributed by atoms with E-state index in [0.29, 0.717) is 18.7 Å². The first kappa shape index (κ1) is 18.4. The Bertz CT molecular complexity index is 1170. The van der Waals surface area contributed by atoms with E-state index < -0.39 is 21.2 Å². The molecule has 146 valence electrons. The number of anilines is 1. The number of para-hydroxylation sites is 1. The molecule has 0 atom stereocenters.